The van der Waals surface area contributed by atoms with Crippen LogP contribution in [0.3, 0.4) is 0 Å². The van der Waals surface area contributed by atoms with E-state index < -0.39 is 11.7 Å². The molecule has 100 valence electrons. The van der Waals surface area contributed by atoms with E-state index >= 15 is 0 Å². The summed E-state index contributed by atoms with van der Waals surface area (Å²) in [5, 5.41) is 0. The van der Waals surface area contributed by atoms with E-state index in [9.17, 15) is 13.2 Å². The molecule has 0 aliphatic rings. The van der Waals surface area contributed by atoms with Crippen molar-refractivity contribution in [1.82, 2.24) is 4.98 Å². The van der Waals surface area contributed by atoms with Crippen LogP contribution in [0.25, 0.3) is 0 Å². The average Bonchev–Trinajstić information content (AvgIpc) is 2.39. The molecular formula is C13H11F3N2O. The van der Waals surface area contributed by atoms with Gasteiger partial charge in [0.15, 0.2) is 0 Å². The van der Waals surface area contributed by atoms with Crippen LogP contribution in [0.15, 0.2) is 42.7 Å². The number of alkyl halides is 3. The Bertz CT molecular complexity index is 556. The van der Waals surface area contributed by atoms with Crippen molar-refractivity contribution >= 4 is 0 Å². The maximum Gasteiger partial charge on any atom is 0.419 e. The lowest BCUT2D eigenvalue weighted by Crippen LogP contribution is -2.09. The van der Waals surface area contributed by atoms with E-state index in [0.29, 0.717) is 11.3 Å². The molecule has 1 heterocycles. The van der Waals surface area contributed by atoms with Gasteiger partial charge in [0.05, 0.1) is 5.56 Å². The van der Waals surface area contributed by atoms with Crippen molar-refractivity contribution in [2.45, 2.75) is 12.7 Å². The molecule has 2 rings (SSSR count). The first kappa shape index (κ1) is 13.4. The summed E-state index contributed by atoms with van der Waals surface area (Å²) in [6, 6.07) is 6.74. The van der Waals surface area contributed by atoms with Crippen molar-refractivity contribution in [2.24, 2.45) is 5.73 Å². The fraction of sp³-hybridized carbons (Fsp3) is 0.154. The number of pyridine rings is 1. The van der Waals surface area contributed by atoms with Crippen LogP contribution >= 0.6 is 0 Å². The zero-order valence-electron chi connectivity index (χ0n) is 9.82. The van der Waals surface area contributed by atoms with Crippen LogP contribution in [0.5, 0.6) is 11.5 Å². The van der Waals surface area contributed by atoms with Crippen molar-refractivity contribution in [3.8, 4) is 11.5 Å². The van der Waals surface area contributed by atoms with Gasteiger partial charge in [0.2, 0.25) is 0 Å². The summed E-state index contributed by atoms with van der Waals surface area (Å²) in [5.74, 6) is 0.0388. The molecule has 0 bridgehead atoms. The van der Waals surface area contributed by atoms with Gasteiger partial charge in [-0.1, -0.05) is 6.07 Å². The van der Waals surface area contributed by atoms with Crippen molar-refractivity contribution in [2.75, 3.05) is 0 Å². The molecule has 0 aliphatic heterocycles. The minimum Gasteiger partial charge on any atom is -0.457 e. The second kappa shape index (κ2) is 5.27. The Morgan fingerprint density at radius 3 is 2.37 bits per heavy atom. The van der Waals surface area contributed by atoms with Crippen molar-refractivity contribution < 1.29 is 17.9 Å². The van der Waals surface area contributed by atoms with Gasteiger partial charge < -0.3 is 10.5 Å². The molecule has 19 heavy (non-hydrogen) atoms. The number of ether oxygens (including phenoxy) is 1. The molecule has 2 N–H and O–H groups in total. The van der Waals surface area contributed by atoms with Gasteiger partial charge in [0, 0.05) is 18.9 Å². The summed E-state index contributed by atoms with van der Waals surface area (Å²) >= 11 is 0. The third kappa shape index (κ3) is 3.23. The highest BCUT2D eigenvalue weighted by atomic mass is 19.4. The zero-order valence-corrected chi connectivity index (χ0v) is 9.82. The molecular weight excluding hydrogens is 257 g/mol. The zero-order chi connectivity index (χ0) is 13.9. The summed E-state index contributed by atoms with van der Waals surface area (Å²) in [6.45, 7) is 0.0403. The Morgan fingerprint density at radius 1 is 1.11 bits per heavy atom. The van der Waals surface area contributed by atoms with E-state index in [1.54, 1.807) is 0 Å². The lowest BCUT2D eigenvalue weighted by atomic mass is 10.1. The second-order valence-electron chi connectivity index (χ2n) is 3.82. The summed E-state index contributed by atoms with van der Waals surface area (Å²) in [4.78, 5) is 3.77. The summed E-state index contributed by atoms with van der Waals surface area (Å²) < 4.78 is 44.0. The molecule has 0 unspecified atom stereocenters. The van der Waals surface area contributed by atoms with Crippen LogP contribution in [0.4, 0.5) is 13.2 Å². The minimum absolute atomic E-state index is 0.0403. The van der Waals surface area contributed by atoms with E-state index in [4.69, 9.17) is 10.5 Å². The first-order valence-corrected chi connectivity index (χ1v) is 5.49. The van der Waals surface area contributed by atoms with Gasteiger partial charge in [-0.3, -0.25) is 4.98 Å². The van der Waals surface area contributed by atoms with Gasteiger partial charge in [0.25, 0.3) is 0 Å². The molecule has 1 aromatic carbocycles. The first-order valence-electron chi connectivity index (χ1n) is 5.49. The molecule has 2 aromatic rings. The summed E-state index contributed by atoms with van der Waals surface area (Å²) in [7, 11) is 0. The van der Waals surface area contributed by atoms with Gasteiger partial charge in [-0.15, -0.1) is 0 Å². The van der Waals surface area contributed by atoms with Gasteiger partial charge in [-0.25, -0.2) is 0 Å². The van der Waals surface area contributed by atoms with E-state index in [2.05, 4.69) is 4.98 Å². The molecule has 0 aliphatic carbocycles. The molecule has 6 heteroatoms. The highest BCUT2D eigenvalue weighted by Crippen LogP contribution is 2.38. The Hall–Kier alpha value is -2.08. The molecule has 0 atom stereocenters. The molecule has 0 saturated heterocycles. The Labute approximate surface area is 107 Å². The Kier molecular flexibility index (Phi) is 3.71. The molecule has 0 radical (unpaired) electrons. The highest BCUT2D eigenvalue weighted by molar-refractivity contribution is 5.41. The van der Waals surface area contributed by atoms with Crippen LogP contribution in [-0.2, 0) is 12.7 Å². The number of nitrogens with zero attached hydrogens (tertiary/aromatic N) is 1. The maximum atomic E-state index is 12.9. The topological polar surface area (TPSA) is 48.1 Å². The summed E-state index contributed by atoms with van der Waals surface area (Å²) in [6.07, 6.45) is -1.61. The normalized spacial score (nSPS) is 11.4. The van der Waals surface area contributed by atoms with Crippen molar-refractivity contribution in [3.63, 3.8) is 0 Å². The van der Waals surface area contributed by atoms with Crippen LogP contribution in [0.1, 0.15) is 11.1 Å². The number of rotatable bonds is 3. The first-order chi connectivity index (χ1) is 9.00. The van der Waals surface area contributed by atoms with Crippen LogP contribution in [0.2, 0.25) is 0 Å². The van der Waals surface area contributed by atoms with E-state index in [-0.39, 0.29) is 12.3 Å². The number of hydrogen-bond donors (Lipinski definition) is 1. The largest absolute Gasteiger partial charge is 0.457 e. The minimum atomic E-state index is -4.49. The Morgan fingerprint density at radius 2 is 1.79 bits per heavy atom. The number of halogens is 3. The van der Waals surface area contributed by atoms with Gasteiger partial charge in [-0.05, 0) is 29.8 Å². The SMILES string of the molecule is NCc1ccc(Oc2ccncc2)c(C(F)(F)F)c1. The lowest BCUT2D eigenvalue weighted by molar-refractivity contribution is -0.138. The number of benzene rings is 1. The van der Waals surface area contributed by atoms with E-state index in [0.717, 1.165) is 6.07 Å². The van der Waals surface area contributed by atoms with Crippen molar-refractivity contribution in [1.29, 1.82) is 0 Å². The van der Waals surface area contributed by atoms with Gasteiger partial charge in [-0.2, -0.15) is 13.2 Å². The maximum absolute atomic E-state index is 12.9. The molecule has 3 nitrogen and oxygen atoms in total. The quantitative estimate of drug-likeness (QED) is 0.928. The number of nitrogens with two attached hydrogens (primary N) is 1. The van der Waals surface area contributed by atoms with Crippen LogP contribution < -0.4 is 10.5 Å². The predicted octanol–water partition coefficient (Wildman–Crippen LogP) is 3.35. The van der Waals surface area contributed by atoms with Crippen molar-refractivity contribution in [3.05, 3.63) is 53.9 Å². The van der Waals surface area contributed by atoms with Crippen LogP contribution in [-0.4, -0.2) is 4.98 Å². The van der Waals surface area contributed by atoms with E-state index in [1.165, 1.54) is 36.7 Å². The monoisotopic (exact) mass is 268 g/mol. The van der Waals surface area contributed by atoms with Crippen LogP contribution in [0, 0.1) is 0 Å². The Balaban J connectivity index is 2.40. The fourth-order valence-corrected chi connectivity index (χ4v) is 1.55. The molecule has 1 aromatic heterocycles. The predicted molar refractivity (Wildman–Crippen MR) is 63.6 cm³/mol. The molecule has 0 saturated carbocycles. The third-order valence-corrected chi connectivity index (χ3v) is 2.46. The third-order valence-electron chi connectivity index (χ3n) is 2.46. The average molecular weight is 268 g/mol. The number of aromatic nitrogens is 1. The fourth-order valence-electron chi connectivity index (χ4n) is 1.55. The summed E-state index contributed by atoms with van der Waals surface area (Å²) in [5.41, 5.74) is 4.91. The van der Waals surface area contributed by atoms with E-state index in [1.807, 2.05) is 0 Å². The van der Waals surface area contributed by atoms with Gasteiger partial charge >= 0.3 is 6.18 Å². The smallest absolute Gasteiger partial charge is 0.419 e. The molecule has 0 spiro atoms. The highest BCUT2D eigenvalue weighted by Gasteiger charge is 2.34. The second-order valence-corrected chi connectivity index (χ2v) is 3.82. The molecule has 0 fully saturated rings. The van der Waals surface area contributed by atoms with Gasteiger partial charge in [0.1, 0.15) is 11.5 Å². The number of hydrogen-bond acceptors (Lipinski definition) is 3. The lowest BCUT2D eigenvalue weighted by Gasteiger charge is -2.14. The standard InChI is InChI=1S/C13H11F3N2O/c14-13(15,16)11-7-9(8-17)1-2-12(11)19-10-3-5-18-6-4-10/h1-7H,8,17H2. The molecule has 0 amide bonds.